The van der Waals surface area contributed by atoms with Crippen molar-refractivity contribution < 1.29 is 4.74 Å². The van der Waals surface area contributed by atoms with E-state index in [1.807, 2.05) is 0 Å². The van der Waals surface area contributed by atoms with Crippen molar-refractivity contribution in [1.82, 2.24) is 0 Å². The maximum atomic E-state index is 5.62. The Bertz CT molecular complexity index is 503. The van der Waals surface area contributed by atoms with Crippen molar-refractivity contribution in [2.75, 3.05) is 7.11 Å². The van der Waals surface area contributed by atoms with E-state index in [4.69, 9.17) is 30.0 Å². The summed E-state index contributed by atoms with van der Waals surface area (Å²) in [6.45, 7) is 4.54. The standard InChI is InChI=1S/C25H44OS2/c1-4-6-8-10-12-14-16-24(27)21-18-19-23(26-3)22(20-21)25(28)17-15-13-11-9-7-5-2/h18-20,24-25,27-28H,4-17H2,1-3H3. The molecule has 0 heterocycles. The Morgan fingerprint density at radius 1 is 0.714 bits per heavy atom. The number of benzene rings is 1. The largest absolute Gasteiger partial charge is 0.496 e. The zero-order valence-corrected chi connectivity index (χ0v) is 20.4. The number of thiol groups is 2. The third kappa shape index (κ3) is 10.5. The van der Waals surface area contributed by atoms with Crippen LogP contribution in [-0.2, 0) is 0 Å². The first-order chi connectivity index (χ1) is 13.6. The first-order valence-electron chi connectivity index (χ1n) is 11.7. The molecule has 0 saturated carbocycles. The molecule has 0 amide bonds. The van der Waals surface area contributed by atoms with Crippen molar-refractivity contribution in [3.8, 4) is 5.75 Å². The van der Waals surface area contributed by atoms with E-state index in [2.05, 4.69) is 32.0 Å². The minimum absolute atomic E-state index is 0.246. The summed E-state index contributed by atoms with van der Waals surface area (Å²) in [5.41, 5.74) is 2.55. The summed E-state index contributed by atoms with van der Waals surface area (Å²) in [4.78, 5) is 0. The second kappa shape index (κ2) is 16.5. The van der Waals surface area contributed by atoms with Crippen LogP contribution in [0.4, 0.5) is 0 Å². The molecule has 2 unspecified atom stereocenters. The van der Waals surface area contributed by atoms with Crippen LogP contribution in [0, 0.1) is 0 Å². The first-order valence-corrected chi connectivity index (χ1v) is 12.7. The zero-order valence-electron chi connectivity index (χ0n) is 18.6. The zero-order chi connectivity index (χ0) is 20.6. The molecule has 0 radical (unpaired) electrons. The van der Waals surface area contributed by atoms with Gasteiger partial charge in [-0.25, -0.2) is 0 Å². The number of unbranched alkanes of at least 4 members (excludes halogenated alkanes) is 10. The summed E-state index contributed by atoms with van der Waals surface area (Å²) >= 11 is 9.81. The van der Waals surface area contributed by atoms with Crippen LogP contribution in [-0.4, -0.2) is 7.11 Å². The number of hydrogen-bond donors (Lipinski definition) is 2. The van der Waals surface area contributed by atoms with Gasteiger partial charge in [0.1, 0.15) is 5.75 Å². The Hall–Kier alpha value is -0.280. The summed E-state index contributed by atoms with van der Waals surface area (Å²) < 4.78 is 5.62. The molecule has 0 aliphatic heterocycles. The normalized spacial score (nSPS) is 13.5. The van der Waals surface area contributed by atoms with E-state index in [0.717, 1.165) is 18.6 Å². The molecule has 0 bridgehead atoms. The second-order valence-corrected chi connectivity index (χ2v) is 9.39. The van der Waals surface area contributed by atoms with Gasteiger partial charge in [0.2, 0.25) is 0 Å². The predicted octanol–water partition coefficient (Wildman–Crippen LogP) is 9.14. The molecule has 0 aromatic heterocycles. The van der Waals surface area contributed by atoms with E-state index < -0.39 is 0 Å². The van der Waals surface area contributed by atoms with Gasteiger partial charge >= 0.3 is 0 Å². The highest BCUT2D eigenvalue weighted by Gasteiger charge is 2.15. The summed E-state index contributed by atoms with van der Waals surface area (Å²) in [6.07, 6.45) is 18.2. The van der Waals surface area contributed by atoms with Crippen LogP contribution in [0.1, 0.15) is 125 Å². The summed E-state index contributed by atoms with van der Waals surface area (Å²) in [7, 11) is 1.76. The smallest absolute Gasteiger partial charge is 0.123 e. The van der Waals surface area contributed by atoms with Crippen molar-refractivity contribution in [2.24, 2.45) is 0 Å². The van der Waals surface area contributed by atoms with Gasteiger partial charge < -0.3 is 4.74 Å². The molecule has 0 N–H and O–H groups in total. The van der Waals surface area contributed by atoms with Crippen molar-refractivity contribution >= 4 is 25.3 Å². The third-order valence-corrected chi connectivity index (χ3v) is 6.75. The summed E-state index contributed by atoms with van der Waals surface area (Å²) in [5, 5.41) is 0.557. The predicted molar refractivity (Wildman–Crippen MR) is 132 cm³/mol. The summed E-state index contributed by atoms with van der Waals surface area (Å²) in [6, 6.07) is 6.59. The monoisotopic (exact) mass is 424 g/mol. The van der Waals surface area contributed by atoms with Gasteiger partial charge in [-0.2, -0.15) is 25.3 Å². The lowest BCUT2D eigenvalue weighted by Gasteiger charge is -2.19. The molecule has 1 nitrogen and oxygen atoms in total. The Labute approximate surface area is 186 Å². The maximum Gasteiger partial charge on any atom is 0.123 e. The van der Waals surface area contributed by atoms with Crippen molar-refractivity contribution in [3.05, 3.63) is 29.3 Å². The molecule has 0 aliphatic carbocycles. The Kier molecular flexibility index (Phi) is 15.2. The van der Waals surface area contributed by atoms with Crippen molar-refractivity contribution in [2.45, 2.75) is 114 Å². The molecular formula is C25H44OS2. The average Bonchev–Trinajstić information content (AvgIpc) is 2.72. The van der Waals surface area contributed by atoms with Crippen LogP contribution in [0.5, 0.6) is 5.75 Å². The van der Waals surface area contributed by atoms with E-state index in [1.54, 1.807) is 7.11 Å². The van der Waals surface area contributed by atoms with Crippen LogP contribution >= 0.6 is 25.3 Å². The molecule has 1 aromatic rings. The lowest BCUT2D eigenvalue weighted by atomic mass is 9.98. The Balaban J connectivity index is 2.51. The SMILES string of the molecule is CCCCCCCCC(S)c1ccc(OC)c(C(S)CCCCCCCC)c1. The fraction of sp³-hybridized carbons (Fsp3) is 0.760. The van der Waals surface area contributed by atoms with Gasteiger partial charge in [0.05, 0.1) is 7.11 Å². The number of ether oxygens (including phenoxy) is 1. The van der Waals surface area contributed by atoms with Crippen LogP contribution in [0.15, 0.2) is 18.2 Å². The minimum atomic E-state index is 0.246. The molecule has 28 heavy (non-hydrogen) atoms. The van der Waals surface area contributed by atoms with Crippen LogP contribution < -0.4 is 4.74 Å². The van der Waals surface area contributed by atoms with E-state index in [1.165, 1.54) is 88.2 Å². The highest BCUT2D eigenvalue weighted by molar-refractivity contribution is 7.80. The molecule has 0 saturated heterocycles. The molecule has 0 fully saturated rings. The third-order valence-electron chi connectivity index (χ3n) is 5.66. The topological polar surface area (TPSA) is 9.23 Å². The maximum absolute atomic E-state index is 5.62. The lowest BCUT2D eigenvalue weighted by molar-refractivity contribution is 0.408. The quantitative estimate of drug-likeness (QED) is 0.187. The van der Waals surface area contributed by atoms with Gasteiger partial charge in [0.25, 0.3) is 0 Å². The van der Waals surface area contributed by atoms with Gasteiger partial charge in [0.15, 0.2) is 0 Å². The fourth-order valence-corrected chi connectivity index (χ4v) is 4.51. The molecule has 0 aliphatic rings. The summed E-state index contributed by atoms with van der Waals surface area (Å²) in [5.74, 6) is 0.967. The van der Waals surface area contributed by atoms with Crippen LogP contribution in [0.3, 0.4) is 0 Å². The molecule has 0 spiro atoms. The minimum Gasteiger partial charge on any atom is -0.496 e. The highest BCUT2D eigenvalue weighted by atomic mass is 32.1. The van der Waals surface area contributed by atoms with E-state index in [0.29, 0.717) is 5.25 Å². The van der Waals surface area contributed by atoms with E-state index in [-0.39, 0.29) is 5.25 Å². The van der Waals surface area contributed by atoms with Crippen LogP contribution in [0.2, 0.25) is 0 Å². The van der Waals surface area contributed by atoms with Gasteiger partial charge in [-0.05, 0) is 30.5 Å². The number of rotatable bonds is 17. The van der Waals surface area contributed by atoms with Gasteiger partial charge in [-0.1, -0.05) is 97.0 Å². The molecule has 1 rings (SSSR count). The van der Waals surface area contributed by atoms with E-state index in [9.17, 15) is 0 Å². The number of methoxy groups -OCH3 is 1. The molecule has 162 valence electrons. The van der Waals surface area contributed by atoms with Gasteiger partial charge in [-0.3, -0.25) is 0 Å². The lowest BCUT2D eigenvalue weighted by Crippen LogP contribution is -2.00. The Morgan fingerprint density at radius 3 is 1.75 bits per heavy atom. The first kappa shape index (κ1) is 25.8. The molecule has 1 aromatic carbocycles. The van der Waals surface area contributed by atoms with Crippen molar-refractivity contribution in [3.63, 3.8) is 0 Å². The van der Waals surface area contributed by atoms with Crippen LogP contribution in [0.25, 0.3) is 0 Å². The van der Waals surface area contributed by atoms with Gasteiger partial charge in [-0.15, -0.1) is 0 Å². The number of hydrogen-bond acceptors (Lipinski definition) is 3. The van der Waals surface area contributed by atoms with Crippen molar-refractivity contribution in [1.29, 1.82) is 0 Å². The average molecular weight is 425 g/mol. The molecular weight excluding hydrogens is 380 g/mol. The molecule has 3 heteroatoms. The highest BCUT2D eigenvalue weighted by Crippen LogP contribution is 2.37. The fourth-order valence-electron chi connectivity index (χ4n) is 3.78. The van der Waals surface area contributed by atoms with Gasteiger partial charge in [0, 0.05) is 16.1 Å². The van der Waals surface area contributed by atoms with E-state index >= 15 is 0 Å². The Morgan fingerprint density at radius 2 is 1.21 bits per heavy atom. The molecule has 2 atom stereocenters. The second-order valence-electron chi connectivity index (χ2n) is 8.15.